The fraction of sp³-hybridized carbons (Fsp3) is 0.250. The third kappa shape index (κ3) is 3.01. The van der Waals surface area contributed by atoms with Crippen LogP contribution in [0.1, 0.15) is 12.8 Å². The zero-order chi connectivity index (χ0) is 13.8. The maximum Gasteiger partial charge on any atom is 0.312 e. The molecule has 7 nitrogen and oxygen atoms in total. The minimum Gasteiger partial charge on any atom is -0.502 e. The molecule has 1 aromatic carbocycles. The molecule has 0 fully saturated rings. The normalized spacial score (nSPS) is 14.2. The van der Waals surface area contributed by atoms with Crippen LogP contribution in [0.25, 0.3) is 0 Å². The van der Waals surface area contributed by atoms with Gasteiger partial charge in [0, 0.05) is 11.8 Å². The van der Waals surface area contributed by atoms with Crippen LogP contribution >= 0.6 is 0 Å². The second-order valence-electron chi connectivity index (χ2n) is 3.97. The predicted octanol–water partition coefficient (Wildman–Crippen LogP) is 1.93. The largest absolute Gasteiger partial charge is 0.502 e. The fourth-order valence-corrected chi connectivity index (χ4v) is 1.66. The SMILES string of the molecule is O=C(Nc1ccc(O)c([N+](=O)[O-])c1)C1=CCCCO1. The molecular weight excluding hydrogens is 252 g/mol. The quantitative estimate of drug-likeness (QED) is 0.493. The van der Waals surface area contributed by atoms with Gasteiger partial charge in [0.2, 0.25) is 0 Å². The molecule has 0 spiro atoms. The van der Waals surface area contributed by atoms with Crippen molar-refractivity contribution >= 4 is 17.3 Å². The number of phenolic OH excluding ortho intramolecular Hbond substituents is 1. The molecule has 2 N–H and O–H groups in total. The van der Waals surface area contributed by atoms with E-state index in [1.807, 2.05) is 0 Å². The van der Waals surface area contributed by atoms with E-state index in [2.05, 4.69) is 5.32 Å². The Kier molecular flexibility index (Phi) is 3.65. The fourth-order valence-electron chi connectivity index (χ4n) is 1.66. The van der Waals surface area contributed by atoms with Crippen molar-refractivity contribution in [2.75, 3.05) is 11.9 Å². The molecule has 2 rings (SSSR count). The number of benzene rings is 1. The van der Waals surface area contributed by atoms with E-state index in [-0.39, 0.29) is 11.4 Å². The van der Waals surface area contributed by atoms with Crippen LogP contribution in [-0.4, -0.2) is 22.5 Å². The highest BCUT2D eigenvalue weighted by molar-refractivity contribution is 6.02. The molecule has 0 atom stereocenters. The van der Waals surface area contributed by atoms with Gasteiger partial charge in [0.15, 0.2) is 11.5 Å². The number of nitro benzene ring substituents is 1. The summed E-state index contributed by atoms with van der Waals surface area (Å²) in [6, 6.07) is 3.63. The van der Waals surface area contributed by atoms with Gasteiger partial charge in [-0.2, -0.15) is 0 Å². The topological polar surface area (TPSA) is 102 Å². The number of anilines is 1. The number of hydrogen-bond donors (Lipinski definition) is 2. The van der Waals surface area contributed by atoms with E-state index < -0.39 is 22.3 Å². The van der Waals surface area contributed by atoms with Gasteiger partial charge in [-0.1, -0.05) is 0 Å². The number of hydrogen-bond acceptors (Lipinski definition) is 5. The monoisotopic (exact) mass is 264 g/mol. The average Bonchev–Trinajstić information content (AvgIpc) is 2.41. The highest BCUT2D eigenvalue weighted by atomic mass is 16.6. The molecular formula is C12H12N2O5. The van der Waals surface area contributed by atoms with Gasteiger partial charge in [-0.25, -0.2) is 0 Å². The van der Waals surface area contributed by atoms with Gasteiger partial charge >= 0.3 is 5.69 Å². The zero-order valence-corrected chi connectivity index (χ0v) is 9.96. The Hall–Kier alpha value is -2.57. The number of phenols is 1. The third-order valence-electron chi connectivity index (χ3n) is 2.59. The van der Waals surface area contributed by atoms with Gasteiger partial charge in [-0.05, 0) is 31.1 Å². The predicted molar refractivity (Wildman–Crippen MR) is 66.7 cm³/mol. The van der Waals surface area contributed by atoms with E-state index in [4.69, 9.17) is 4.74 Å². The number of amides is 1. The highest BCUT2D eigenvalue weighted by Crippen LogP contribution is 2.28. The Morgan fingerprint density at radius 2 is 2.26 bits per heavy atom. The lowest BCUT2D eigenvalue weighted by Gasteiger charge is -2.14. The molecule has 0 aliphatic carbocycles. The summed E-state index contributed by atoms with van der Waals surface area (Å²) in [5.41, 5.74) is -0.235. The number of nitrogens with zero attached hydrogens (tertiary/aromatic N) is 1. The third-order valence-corrected chi connectivity index (χ3v) is 2.59. The molecule has 1 heterocycles. The van der Waals surface area contributed by atoms with E-state index in [0.717, 1.165) is 25.0 Å². The number of allylic oxidation sites excluding steroid dienone is 1. The lowest BCUT2D eigenvalue weighted by Crippen LogP contribution is -2.18. The van der Waals surface area contributed by atoms with Gasteiger partial charge in [0.1, 0.15) is 0 Å². The molecule has 19 heavy (non-hydrogen) atoms. The number of rotatable bonds is 3. The van der Waals surface area contributed by atoms with Crippen molar-refractivity contribution in [3.05, 3.63) is 40.1 Å². The first-order valence-electron chi connectivity index (χ1n) is 5.69. The second kappa shape index (κ2) is 5.38. The first kappa shape index (κ1) is 12.9. The Balaban J connectivity index is 2.15. The van der Waals surface area contributed by atoms with E-state index in [9.17, 15) is 20.0 Å². The van der Waals surface area contributed by atoms with E-state index in [0.29, 0.717) is 6.61 Å². The van der Waals surface area contributed by atoms with Crippen molar-refractivity contribution in [1.82, 2.24) is 0 Å². The molecule has 7 heteroatoms. The number of nitrogens with one attached hydrogen (secondary N) is 1. The Labute approximate surface area is 108 Å². The Morgan fingerprint density at radius 3 is 2.89 bits per heavy atom. The van der Waals surface area contributed by atoms with Crippen molar-refractivity contribution in [2.24, 2.45) is 0 Å². The van der Waals surface area contributed by atoms with Crippen LogP contribution in [0.4, 0.5) is 11.4 Å². The summed E-state index contributed by atoms with van der Waals surface area (Å²) < 4.78 is 5.18. The lowest BCUT2D eigenvalue weighted by molar-refractivity contribution is -0.385. The molecule has 1 aromatic rings. The Morgan fingerprint density at radius 1 is 1.47 bits per heavy atom. The molecule has 0 radical (unpaired) electrons. The molecule has 100 valence electrons. The van der Waals surface area contributed by atoms with Crippen molar-refractivity contribution in [3.8, 4) is 5.75 Å². The van der Waals surface area contributed by atoms with Gasteiger partial charge in [-0.15, -0.1) is 0 Å². The number of aromatic hydroxyl groups is 1. The van der Waals surface area contributed by atoms with Crippen LogP contribution < -0.4 is 5.32 Å². The number of carbonyl (C=O) groups is 1. The average molecular weight is 264 g/mol. The first-order chi connectivity index (χ1) is 9.08. The summed E-state index contributed by atoms with van der Waals surface area (Å²) in [7, 11) is 0. The molecule has 1 aliphatic rings. The van der Waals surface area contributed by atoms with Crippen LogP contribution in [0.2, 0.25) is 0 Å². The number of carbonyl (C=O) groups excluding carboxylic acids is 1. The smallest absolute Gasteiger partial charge is 0.312 e. The summed E-state index contributed by atoms with van der Waals surface area (Å²) >= 11 is 0. The molecule has 0 unspecified atom stereocenters. The molecule has 0 aromatic heterocycles. The van der Waals surface area contributed by atoms with Crippen LogP contribution in [0, 0.1) is 10.1 Å². The summed E-state index contributed by atoms with van der Waals surface area (Å²) in [6.07, 6.45) is 3.30. The maximum atomic E-state index is 11.8. The van der Waals surface area contributed by atoms with Crippen molar-refractivity contribution in [2.45, 2.75) is 12.8 Å². The van der Waals surface area contributed by atoms with Gasteiger partial charge in [0.05, 0.1) is 11.5 Å². The number of ether oxygens (including phenoxy) is 1. The van der Waals surface area contributed by atoms with Gasteiger partial charge in [0.25, 0.3) is 5.91 Å². The highest BCUT2D eigenvalue weighted by Gasteiger charge is 2.17. The van der Waals surface area contributed by atoms with E-state index in [1.165, 1.54) is 6.07 Å². The number of nitro groups is 1. The minimum atomic E-state index is -0.721. The summed E-state index contributed by atoms with van der Waals surface area (Å²) in [4.78, 5) is 21.7. The standard InChI is InChI=1S/C12H12N2O5/c15-10-5-4-8(7-9(10)14(17)18)13-12(16)11-3-1-2-6-19-11/h3-5,7,15H,1-2,6H2,(H,13,16). The van der Waals surface area contributed by atoms with Crippen molar-refractivity contribution in [3.63, 3.8) is 0 Å². The van der Waals surface area contributed by atoms with Crippen LogP contribution in [0.3, 0.4) is 0 Å². The van der Waals surface area contributed by atoms with Crippen LogP contribution in [-0.2, 0) is 9.53 Å². The zero-order valence-electron chi connectivity index (χ0n) is 9.96. The minimum absolute atomic E-state index is 0.210. The summed E-state index contributed by atoms with van der Waals surface area (Å²) in [6.45, 7) is 0.481. The van der Waals surface area contributed by atoms with Gasteiger partial charge < -0.3 is 15.2 Å². The van der Waals surface area contributed by atoms with Gasteiger partial charge in [-0.3, -0.25) is 14.9 Å². The molecule has 0 saturated carbocycles. The molecule has 0 saturated heterocycles. The van der Waals surface area contributed by atoms with E-state index >= 15 is 0 Å². The maximum absolute atomic E-state index is 11.8. The second-order valence-corrected chi connectivity index (χ2v) is 3.97. The first-order valence-corrected chi connectivity index (χ1v) is 5.69. The summed E-state index contributed by atoms with van der Waals surface area (Å²) in [5, 5.41) is 22.4. The van der Waals surface area contributed by atoms with Crippen LogP contribution in [0.15, 0.2) is 30.0 Å². The molecule has 1 aliphatic heterocycles. The molecule has 0 bridgehead atoms. The Bertz CT molecular complexity index is 553. The summed E-state index contributed by atoms with van der Waals surface area (Å²) in [5.74, 6) is -0.696. The lowest BCUT2D eigenvalue weighted by atomic mass is 10.2. The van der Waals surface area contributed by atoms with Crippen LogP contribution in [0.5, 0.6) is 5.75 Å². The molecule has 1 amide bonds. The van der Waals surface area contributed by atoms with Crippen molar-refractivity contribution in [1.29, 1.82) is 0 Å². The van der Waals surface area contributed by atoms with E-state index in [1.54, 1.807) is 6.08 Å². The van der Waals surface area contributed by atoms with Crippen molar-refractivity contribution < 1.29 is 19.6 Å².